The summed E-state index contributed by atoms with van der Waals surface area (Å²) in [6.07, 6.45) is 6.32. The largest absolute Gasteiger partial charge is 0.362 e. The number of hydrogen-bond acceptors (Lipinski definition) is 7. The number of aryl methyl sites for hydroxylation is 2. The molecule has 206 valence electrons. The first-order valence-corrected chi connectivity index (χ1v) is 15.6. The van der Waals surface area contributed by atoms with Crippen LogP contribution < -0.4 is 15.4 Å². The smallest absolute Gasteiger partial charge is 0.123 e. The average Bonchev–Trinajstić information content (AvgIpc) is 2.93. The molecule has 0 radical (unpaired) electrons. The Morgan fingerprint density at radius 2 is 1.76 bits per heavy atom. The number of piperazine rings is 1. The highest BCUT2D eigenvalue weighted by molar-refractivity contribution is 7.98. The molecule has 38 heavy (non-hydrogen) atoms. The maximum absolute atomic E-state index is 6.77. The van der Waals surface area contributed by atoms with Crippen LogP contribution >= 0.6 is 11.9 Å². The van der Waals surface area contributed by atoms with Crippen LogP contribution in [0, 0.1) is 19.8 Å². The zero-order valence-corrected chi connectivity index (χ0v) is 23.9. The van der Waals surface area contributed by atoms with Crippen molar-refractivity contribution in [2.75, 3.05) is 32.8 Å². The molecule has 0 spiro atoms. The van der Waals surface area contributed by atoms with Gasteiger partial charge in [-0.25, -0.2) is 4.72 Å². The maximum atomic E-state index is 6.77. The van der Waals surface area contributed by atoms with Crippen LogP contribution in [0.5, 0.6) is 0 Å². The van der Waals surface area contributed by atoms with E-state index in [1.807, 2.05) is 11.9 Å². The Bertz CT molecular complexity index is 1030. The van der Waals surface area contributed by atoms with Crippen molar-refractivity contribution < 1.29 is 4.74 Å². The van der Waals surface area contributed by atoms with Crippen LogP contribution in [0.3, 0.4) is 0 Å². The maximum Gasteiger partial charge on any atom is 0.123 e. The molecule has 6 atom stereocenters. The Morgan fingerprint density at radius 1 is 0.921 bits per heavy atom. The van der Waals surface area contributed by atoms with Gasteiger partial charge < -0.3 is 4.74 Å². The van der Waals surface area contributed by atoms with Crippen molar-refractivity contribution in [3.05, 3.63) is 70.8 Å². The fourth-order valence-corrected chi connectivity index (χ4v) is 8.24. The lowest BCUT2D eigenvalue weighted by Crippen LogP contribution is -2.61. The van der Waals surface area contributed by atoms with Crippen molar-refractivity contribution in [1.82, 2.24) is 25.2 Å². The number of hydrogen-bond donors (Lipinski definition) is 3. The van der Waals surface area contributed by atoms with E-state index in [0.717, 1.165) is 45.1 Å². The molecule has 3 saturated heterocycles. The van der Waals surface area contributed by atoms with E-state index >= 15 is 0 Å². The molecule has 5 unspecified atom stereocenters. The first-order valence-electron chi connectivity index (χ1n) is 14.7. The Kier molecular flexibility index (Phi) is 8.72. The molecule has 4 fully saturated rings. The van der Waals surface area contributed by atoms with Crippen molar-refractivity contribution in [2.24, 2.45) is 5.92 Å². The quantitative estimate of drug-likeness (QED) is 0.499. The highest BCUT2D eigenvalue weighted by Gasteiger charge is 2.36. The molecular weight excluding hydrogens is 490 g/mol. The minimum absolute atomic E-state index is 0.0184. The van der Waals surface area contributed by atoms with Crippen molar-refractivity contribution in [1.29, 1.82) is 0 Å². The third kappa shape index (κ3) is 6.47. The third-order valence-electron chi connectivity index (χ3n) is 9.07. The van der Waals surface area contributed by atoms with E-state index in [4.69, 9.17) is 4.74 Å². The molecule has 2 aromatic rings. The third-order valence-corrected chi connectivity index (χ3v) is 10.2. The van der Waals surface area contributed by atoms with Gasteiger partial charge in [0, 0.05) is 56.5 Å². The molecule has 6 rings (SSSR count). The van der Waals surface area contributed by atoms with Crippen LogP contribution in [0.15, 0.2) is 48.5 Å². The van der Waals surface area contributed by atoms with Crippen molar-refractivity contribution in [2.45, 2.75) is 82.3 Å². The predicted octanol–water partition coefficient (Wildman–Crippen LogP) is 4.55. The van der Waals surface area contributed by atoms with Gasteiger partial charge in [-0.15, -0.1) is 0 Å². The highest BCUT2D eigenvalue weighted by atomic mass is 32.2. The van der Waals surface area contributed by atoms with Gasteiger partial charge in [-0.2, -0.15) is 0 Å². The minimum Gasteiger partial charge on any atom is -0.362 e. The van der Waals surface area contributed by atoms with Crippen molar-refractivity contribution in [3.63, 3.8) is 0 Å². The predicted molar refractivity (Wildman–Crippen MR) is 157 cm³/mol. The van der Waals surface area contributed by atoms with Gasteiger partial charge in [0.25, 0.3) is 0 Å². The van der Waals surface area contributed by atoms with E-state index in [1.165, 1.54) is 54.5 Å². The lowest BCUT2D eigenvalue weighted by Gasteiger charge is -2.44. The lowest BCUT2D eigenvalue weighted by atomic mass is 9.88. The van der Waals surface area contributed by atoms with Crippen LogP contribution in [0.1, 0.15) is 60.4 Å². The van der Waals surface area contributed by atoms with Gasteiger partial charge in [-0.1, -0.05) is 66.9 Å². The number of nitrogens with one attached hydrogen (secondary N) is 3. The molecule has 0 amide bonds. The molecule has 3 aliphatic heterocycles. The number of ether oxygens (including phenoxy) is 1. The molecule has 7 heteroatoms. The SMILES string of the molecule is Cc1cccc(C)c1C1CC2NC(NSC3CCCC(C3)CN3CCN(Cc4ccccc4)C[C@@H]3CO2)N1. The van der Waals surface area contributed by atoms with Crippen LogP contribution in [0.25, 0.3) is 0 Å². The number of rotatable bonds is 3. The molecule has 6 nitrogen and oxygen atoms in total. The number of benzene rings is 2. The summed E-state index contributed by atoms with van der Waals surface area (Å²) in [6.45, 7) is 10.9. The molecule has 2 aromatic carbocycles. The van der Waals surface area contributed by atoms with Crippen molar-refractivity contribution >= 4 is 11.9 Å². The zero-order valence-electron chi connectivity index (χ0n) is 23.1. The zero-order chi connectivity index (χ0) is 25.9. The second-order valence-corrected chi connectivity index (χ2v) is 13.1. The Balaban J connectivity index is 1.21. The van der Waals surface area contributed by atoms with E-state index in [9.17, 15) is 0 Å². The van der Waals surface area contributed by atoms with E-state index in [2.05, 4.69) is 87.5 Å². The summed E-state index contributed by atoms with van der Waals surface area (Å²) in [6, 6.07) is 18.3. The summed E-state index contributed by atoms with van der Waals surface area (Å²) in [5.74, 6) is 0.787. The molecule has 3 N–H and O–H groups in total. The summed E-state index contributed by atoms with van der Waals surface area (Å²) in [5.41, 5.74) is 5.55. The standard InChI is InChI=1S/C31H45N5OS/c1-22-8-6-9-23(2)30(22)28-17-29-33-31(32-28)34-38-27-13-7-12-25(16-27)19-36-15-14-35(20-26(36)21-37-29)18-24-10-4-3-5-11-24/h3-6,8-11,25-29,31-34H,7,12-21H2,1-2H3/t25?,26-,27?,28?,29?,31?/m1/s1. The summed E-state index contributed by atoms with van der Waals surface area (Å²) in [4.78, 5) is 5.41. The fraction of sp³-hybridized carbons (Fsp3) is 0.613. The van der Waals surface area contributed by atoms with Gasteiger partial charge in [-0.05, 0) is 61.3 Å². The number of fused-ring (bicyclic) bond motifs is 5. The highest BCUT2D eigenvalue weighted by Crippen LogP contribution is 2.34. The van der Waals surface area contributed by atoms with E-state index in [0.29, 0.717) is 11.3 Å². The Hall–Kier alpha value is -1.45. The molecule has 4 bridgehead atoms. The molecule has 1 saturated carbocycles. The Labute approximate surface area is 233 Å². The van der Waals surface area contributed by atoms with Crippen LogP contribution in [-0.2, 0) is 11.3 Å². The van der Waals surface area contributed by atoms with Gasteiger partial charge in [0.1, 0.15) is 12.5 Å². The van der Waals surface area contributed by atoms with E-state index < -0.39 is 0 Å². The van der Waals surface area contributed by atoms with Gasteiger partial charge in [-0.3, -0.25) is 20.4 Å². The minimum atomic E-state index is 0.0184. The van der Waals surface area contributed by atoms with Gasteiger partial charge in [0.15, 0.2) is 0 Å². The molecule has 0 aromatic heterocycles. The summed E-state index contributed by atoms with van der Waals surface area (Å²) in [7, 11) is 0. The summed E-state index contributed by atoms with van der Waals surface area (Å²) < 4.78 is 10.5. The summed E-state index contributed by atoms with van der Waals surface area (Å²) >= 11 is 1.95. The van der Waals surface area contributed by atoms with Crippen LogP contribution in [0.4, 0.5) is 0 Å². The first kappa shape index (κ1) is 26.8. The van der Waals surface area contributed by atoms with Crippen LogP contribution in [0.2, 0.25) is 0 Å². The fourth-order valence-electron chi connectivity index (χ4n) is 7.13. The first-order chi connectivity index (χ1) is 18.6. The van der Waals surface area contributed by atoms with Crippen molar-refractivity contribution in [3.8, 4) is 0 Å². The lowest BCUT2D eigenvalue weighted by molar-refractivity contribution is -0.0605. The van der Waals surface area contributed by atoms with E-state index in [-0.39, 0.29) is 18.6 Å². The average molecular weight is 536 g/mol. The normalized spacial score (nSPS) is 33.4. The monoisotopic (exact) mass is 535 g/mol. The van der Waals surface area contributed by atoms with Crippen LogP contribution in [-0.4, -0.2) is 66.4 Å². The topological polar surface area (TPSA) is 51.8 Å². The molecule has 1 aliphatic carbocycles. The van der Waals surface area contributed by atoms with Gasteiger partial charge in [0.05, 0.1) is 6.61 Å². The Morgan fingerprint density at radius 3 is 2.61 bits per heavy atom. The van der Waals surface area contributed by atoms with Gasteiger partial charge >= 0.3 is 0 Å². The van der Waals surface area contributed by atoms with Gasteiger partial charge in [0.2, 0.25) is 0 Å². The summed E-state index contributed by atoms with van der Waals surface area (Å²) in [5, 5.41) is 8.30. The molecular formula is C31H45N5OS. The molecule has 3 heterocycles. The molecule has 4 aliphatic rings. The second-order valence-electron chi connectivity index (χ2n) is 11.9. The van der Waals surface area contributed by atoms with E-state index in [1.54, 1.807) is 0 Å². The number of nitrogens with zero attached hydrogens (tertiary/aromatic N) is 2. The second kappa shape index (κ2) is 12.4.